The third-order valence-electron chi connectivity index (χ3n) is 2.23. The summed E-state index contributed by atoms with van der Waals surface area (Å²) in [5.41, 5.74) is 6.93. The summed E-state index contributed by atoms with van der Waals surface area (Å²) in [7, 11) is 0. The molecule has 0 aliphatic carbocycles. The molecule has 0 saturated carbocycles. The molecule has 0 unspecified atom stereocenters. The van der Waals surface area contributed by atoms with Gasteiger partial charge in [-0.25, -0.2) is 0 Å². The van der Waals surface area contributed by atoms with Gasteiger partial charge in [-0.3, -0.25) is 0 Å². The van der Waals surface area contributed by atoms with Crippen LogP contribution in [0.2, 0.25) is 14.8 Å². The molecule has 0 radical (unpaired) electrons. The Bertz CT molecular complexity index is 276. The third kappa shape index (κ3) is 3.31. The van der Waals surface area contributed by atoms with Gasteiger partial charge in [-0.05, 0) is 0 Å². The summed E-state index contributed by atoms with van der Waals surface area (Å²) in [6, 6.07) is 8.97. The standard InChI is InChI=1S/C8H10N.3CH3.Sn/c9-7-6-8-4-2-1-3-5-8;;;;/h1-2,4-5H,6-7,9H2;3*1H3;. The predicted molar refractivity (Wildman–Crippen MR) is 62.2 cm³/mol. The second kappa shape index (κ2) is 4.47. The molecular weight excluding hydrogens is 265 g/mol. The van der Waals surface area contributed by atoms with Gasteiger partial charge in [-0.2, -0.15) is 0 Å². The zero-order valence-electron chi connectivity index (χ0n) is 8.80. The van der Waals surface area contributed by atoms with Crippen LogP contribution in [0.4, 0.5) is 0 Å². The average molecular weight is 284 g/mol. The van der Waals surface area contributed by atoms with Gasteiger partial charge in [0.1, 0.15) is 0 Å². The number of nitrogens with two attached hydrogens (primary N) is 1. The van der Waals surface area contributed by atoms with Gasteiger partial charge in [0.05, 0.1) is 0 Å². The van der Waals surface area contributed by atoms with Crippen molar-refractivity contribution in [2.24, 2.45) is 5.73 Å². The number of rotatable bonds is 3. The van der Waals surface area contributed by atoms with E-state index < -0.39 is 18.4 Å². The Morgan fingerprint density at radius 2 is 1.92 bits per heavy atom. The first-order valence-corrected chi connectivity index (χ1v) is 14.8. The molecule has 1 aromatic carbocycles. The molecule has 13 heavy (non-hydrogen) atoms. The normalized spacial score (nSPS) is 11.7. The van der Waals surface area contributed by atoms with Gasteiger partial charge < -0.3 is 0 Å². The van der Waals surface area contributed by atoms with Crippen molar-refractivity contribution in [1.82, 2.24) is 0 Å². The van der Waals surface area contributed by atoms with Gasteiger partial charge in [0, 0.05) is 0 Å². The maximum atomic E-state index is 5.54. The molecule has 0 atom stereocenters. The van der Waals surface area contributed by atoms with Crippen molar-refractivity contribution in [3.8, 4) is 0 Å². The predicted octanol–water partition coefficient (Wildman–Crippen LogP) is 1.73. The molecule has 1 nitrogen and oxygen atoms in total. The van der Waals surface area contributed by atoms with Crippen molar-refractivity contribution in [1.29, 1.82) is 0 Å². The van der Waals surface area contributed by atoms with E-state index in [4.69, 9.17) is 5.73 Å². The van der Waals surface area contributed by atoms with E-state index in [9.17, 15) is 0 Å². The molecule has 1 aromatic rings. The van der Waals surface area contributed by atoms with E-state index in [1.807, 2.05) is 0 Å². The second-order valence-electron chi connectivity index (χ2n) is 4.49. The molecule has 0 aromatic heterocycles. The minimum absolute atomic E-state index is 0.753. The zero-order chi connectivity index (χ0) is 9.90. The quantitative estimate of drug-likeness (QED) is 0.840. The van der Waals surface area contributed by atoms with Crippen LogP contribution in [0.25, 0.3) is 0 Å². The number of hydrogen-bond donors (Lipinski definition) is 1. The van der Waals surface area contributed by atoms with E-state index in [0.29, 0.717) is 0 Å². The first-order chi connectivity index (χ1) is 6.04. The summed E-state index contributed by atoms with van der Waals surface area (Å²) in [5, 5.41) is 0. The molecule has 0 spiro atoms. The number of hydrogen-bond acceptors (Lipinski definition) is 1. The van der Waals surface area contributed by atoms with Gasteiger partial charge in [0.15, 0.2) is 0 Å². The van der Waals surface area contributed by atoms with Crippen LogP contribution < -0.4 is 9.31 Å². The van der Waals surface area contributed by atoms with E-state index in [2.05, 4.69) is 39.1 Å². The fourth-order valence-corrected chi connectivity index (χ4v) is 4.83. The minimum atomic E-state index is -1.84. The van der Waals surface area contributed by atoms with E-state index in [1.54, 1.807) is 3.58 Å². The molecule has 0 saturated heterocycles. The first kappa shape index (κ1) is 11.1. The molecule has 2 N–H and O–H groups in total. The number of benzene rings is 1. The Morgan fingerprint density at radius 3 is 2.46 bits per heavy atom. The second-order valence-corrected chi connectivity index (χ2v) is 19.0. The zero-order valence-corrected chi connectivity index (χ0v) is 11.7. The monoisotopic (exact) mass is 285 g/mol. The van der Waals surface area contributed by atoms with Crippen molar-refractivity contribution >= 4 is 22.0 Å². The van der Waals surface area contributed by atoms with Crippen molar-refractivity contribution in [3.63, 3.8) is 0 Å². The maximum absolute atomic E-state index is 5.54. The van der Waals surface area contributed by atoms with Gasteiger partial charge in [0.25, 0.3) is 0 Å². The van der Waals surface area contributed by atoms with Crippen LogP contribution in [0.5, 0.6) is 0 Å². The molecule has 1 rings (SSSR count). The van der Waals surface area contributed by atoms with Crippen molar-refractivity contribution in [2.45, 2.75) is 21.2 Å². The molecule has 0 aliphatic heterocycles. The van der Waals surface area contributed by atoms with E-state index >= 15 is 0 Å². The fourth-order valence-electron chi connectivity index (χ4n) is 1.36. The molecular formula is C11H19NSn. The summed E-state index contributed by atoms with van der Waals surface area (Å²) in [5.74, 6) is 0. The first-order valence-electron chi connectivity index (χ1n) is 4.83. The summed E-state index contributed by atoms with van der Waals surface area (Å²) in [4.78, 5) is 7.32. The molecule has 0 bridgehead atoms. The van der Waals surface area contributed by atoms with Gasteiger partial charge >= 0.3 is 85.3 Å². The fraction of sp³-hybridized carbons (Fsp3) is 0.455. The Balaban J connectivity index is 2.92. The summed E-state index contributed by atoms with van der Waals surface area (Å²) >= 11 is -1.84. The third-order valence-corrected chi connectivity index (χ3v) is 8.06. The van der Waals surface area contributed by atoms with Crippen LogP contribution >= 0.6 is 0 Å². The average Bonchev–Trinajstić information content (AvgIpc) is 2.04. The molecule has 0 aliphatic rings. The Kier molecular flexibility index (Phi) is 3.80. The van der Waals surface area contributed by atoms with Gasteiger partial charge in [0.2, 0.25) is 0 Å². The molecule has 2 heteroatoms. The van der Waals surface area contributed by atoms with Crippen molar-refractivity contribution < 1.29 is 0 Å². The van der Waals surface area contributed by atoms with E-state index in [-0.39, 0.29) is 0 Å². The van der Waals surface area contributed by atoms with Crippen LogP contribution in [0.3, 0.4) is 0 Å². The van der Waals surface area contributed by atoms with Crippen LogP contribution in [-0.2, 0) is 6.42 Å². The van der Waals surface area contributed by atoms with Crippen LogP contribution in [0.15, 0.2) is 24.3 Å². The van der Waals surface area contributed by atoms with Crippen LogP contribution in [0.1, 0.15) is 5.56 Å². The Labute approximate surface area is 85.2 Å². The summed E-state index contributed by atoms with van der Waals surface area (Å²) in [6.07, 6.45) is 1.01. The SMILES string of the molecule is [CH3][Sn]([CH3])([CH3])[c]1cccc(CCN)c1. The van der Waals surface area contributed by atoms with Gasteiger partial charge in [-0.15, -0.1) is 0 Å². The summed E-state index contributed by atoms with van der Waals surface area (Å²) < 4.78 is 1.60. The molecule has 0 fully saturated rings. The topological polar surface area (TPSA) is 26.0 Å². The van der Waals surface area contributed by atoms with E-state index in [1.165, 1.54) is 5.56 Å². The van der Waals surface area contributed by atoms with Gasteiger partial charge in [-0.1, -0.05) is 0 Å². The van der Waals surface area contributed by atoms with Crippen LogP contribution in [0, 0.1) is 0 Å². The Morgan fingerprint density at radius 1 is 1.23 bits per heavy atom. The van der Waals surface area contributed by atoms with Crippen LogP contribution in [-0.4, -0.2) is 24.9 Å². The molecule has 0 heterocycles. The molecule has 0 amide bonds. The van der Waals surface area contributed by atoms with Crippen molar-refractivity contribution in [3.05, 3.63) is 29.8 Å². The summed E-state index contributed by atoms with van der Waals surface area (Å²) in [6.45, 7) is 0.753. The van der Waals surface area contributed by atoms with Crippen molar-refractivity contribution in [2.75, 3.05) is 6.54 Å². The molecule has 72 valence electrons. The Hall–Kier alpha value is -0.0213. The van der Waals surface area contributed by atoms with E-state index in [0.717, 1.165) is 13.0 Å².